The van der Waals surface area contributed by atoms with Crippen molar-refractivity contribution < 1.29 is 17.9 Å². The quantitative estimate of drug-likeness (QED) is 0.421. The average Bonchev–Trinajstić information content (AvgIpc) is 3.40. The number of nitrogens with zero attached hydrogens (tertiary/aromatic N) is 3. The van der Waals surface area contributed by atoms with Gasteiger partial charge in [0, 0.05) is 18.5 Å². The molecule has 0 spiro atoms. The third-order valence-corrected chi connectivity index (χ3v) is 8.66. The number of aromatic hydroxyl groups is 1. The van der Waals surface area contributed by atoms with Gasteiger partial charge >= 0.3 is 0 Å². The molecule has 1 fully saturated rings. The molecule has 1 atom stereocenters. The zero-order chi connectivity index (χ0) is 23.1. The topological polar surface area (TPSA) is 148 Å². The maximum Gasteiger partial charge on any atom is 0.256 e. The van der Waals surface area contributed by atoms with Crippen LogP contribution in [0, 0.1) is 19.8 Å². The predicted octanol–water partition coefficient (Wildman–Crippen LogP) is 3.19. The molecule has 9 nitrogen and oxygen atoms in total. The van der Waals surface area contributed by atoms with Crippen molar-refractivity contribution in [2.45, 2.75) is 56.8 Å². The molecule has 0 aliphatic heterocycles. The summed E-state index contributed by atoms with van der Waals surface area (Å²) in [6.45, 7) is 7.80. The van der Waals surface area contributed by atoms with Gasteiger partial charge in [0.1, 0.15) is 23.2 Å². The van der Waals surface area contributed by atoms with Crippen LogP contribution in [-0.4, -0.2) is 42.6 Å². The molecule has 0 saturated heterocycles. The molecule has 11 heteroatoms. The second kappa shape index (κ2) is 8.64. The van der Waals surface area contributed by atoms with Gasteiger partial charge in [0.05, 0.1) is 0 Å². The Labute approximate surface area is 186 Å². The van der Waals surface area contributed by atoms with Crippen molar-refractivity contribution >= 4 is 38.7 Å². The van der Waals surface area contributed by atoms with Crippen LogP contribution >= 0.6 is 11.3 Å². The molecule has 1 aliphatic rings. The molecule has 0 bridgehead atoms. The molecular formula is C20H29N5O4S2. The molecule has 170 valence electrons. The first kappa shape index (κ1) is 23.3. The number of nitrogens with two attached hydrogens (primary N) is 2. The number of amidine groups is 2. The van der Waals surface area contributed by atoms with E-state index in [4.69, 9.17) is 15.9 Å². The Kier molecular flexibility index (Phi) is 6.49. The Morgan fingerprint density at radius 2 is 1.94 bits per heavy atom. The van der Waals surface area contributed by atoms with Crippen molar-refractivity contribution in [3.05, 3.63) is 28.5 Å². The summed E-state index contributed by atoms with van der Waals surface area (Å²) in [6, 6.07) is 1.54. The smallest absolute Gasteiger partial charge is 0.256 e. The Balaban J connectivity index is 1.89. The highest BCUT2D eigenvalue weighted by Gasteiger charge is 2.37. The van der Waals surface area contributed by atoms with Gasteiger partial charge in [-0.05, 0) is 44.2 Å². The van der Waals surface area contributed by atoms with Crippen LogP contribution in [0.5, 0.6) is 5.75 Å². The highest BCUT2D eigenvalue weighted by Crippen LogP contribution is 2.42. The first-order valence-electron chi connectivity index (χ1n) is 9.96. The zero-order valence-electron chi connectivity index (χ0n) is 18.3. The number of sulfonamides is 1. The molecule has 2 heterocycles. The summed E-state index contributed by atoms with van der Waals surface area (Å²) in [5.74, 6) is 1.00. The van der Waals surface area contributed by atoms with Crippen molar-refractivity contribution in [2.75, 3.05) is 7.05 Å². The van der Waals surface area contributed by atoms with Crippen molar-refractivity contribution in [1.29, 1.82) is 0 Å². The second-order valence-electron chi connectivity index (χ2n) is 8.10. The normalized spacial score (nSPS) is 17.0. The standard InChI is InChI=1S/C20H29N5O4S2/c1-10(2)16(15-8-11(3)12(4)29-15)24-19(22)18(21)23-14-9-30-20(17(14)26)31(27,28)25(5)13-6-7-13/h8-10,13,16,26H,6-7H2,1-5H3,(H2,21,23)(H2,22,24)/t16-/m1/s1. The Morgan fingerprint density at radius 1 is 1.29 bits per heavy atom. The van der Waals surface area contributed by atoms with Gasteiger partial charge in [-0.3, -0.25) is 4.99 Å². The lowest BCUT2D eigenvalue weighted by Crippen LogP contribution is -2.32. The molecule has 0 unspecified atom stereocenters. The lowest BCUT2D eigenvalue weighted by molar-refractivity contribution is 0.393. The van der Waals surface area contributed by atoms with Crippen LogP contribution < -0.4 is 11.5 Å². The number of furan rings is 1. The fourth-order valence-corrected chi connectivity index (χ4v) is 5.84. The van der Waals surface area contributed by atoms with Crippen LogP contribution in [-0.2, 0) is 10.0 Å². The number of hydrogen-bond acceptors (Lipinski definition) is 7. The Morgan fingerprint density at radius 3 is 2.45 bits per heavy atom. The number of aliphatic imine (C=N–C) groups is 2. The molecular weight excluding hydrogens is 438 g/mol. The summed E-state index contributed by atoms with van der Waals surface area (Å²) in [5.41, 5.74) is 13.1. The van der Waals surface area contributed by atoms with Gasteiger partial charge in [0.15, 0.2) is 21.6 Å². The molecule has 5 N–H and O–H groups in total. The van der Waals surface area contributed by atoms with Crippen LogP contribution in [0.15, 0.2) is 30.1 Å². The van der Waals surface area contributed by atoms with Crippen LogP contribution in [0.4, 0.5) is 5.69 Å². The van der Waals surface area contributed by atoms with Gasteiger partial charge in [-0.25, -0.2) is 13.4 Å². The van der Waals surface area contributed by atoms with E-state index in [0.717, 1.165) is 35.5 Å². The third kappa shape index (κ3) is 4.78. The first-order valence-corrected chi connectivity index (χ1v) is 12.3. The number of thiophene rings is 1. The van der Waals surface area contributed by atoms with Gasteiger partial charge in [-0.15, -0.1) is 11.3 Å². The zero-order valence-corrected chi connectivity index (χ0v) is 19.9. The van der Waals surface area contributed by atoms with Crippen LogP contribution in [0.1, 0.15) is 49.8 Å². The number of aryl methyl sites for hydroxylation is 2. The Bertz CT molecular complexity index is 1110. The van der Waals surface area contributed by atoms with E-state index in [2.05, 4.69) is 9.98 Å². The minimum Gasteiger partial charge on any atom is -0.504 e. The van der Waals surface area contributed by atoms with E-state index < -0.39 is 15.8 Å². The highest BCUT2D eigenvalue weighted by atomic mass is 32.2. The molecule has 31 heavy (non-hydrogen) atoms. The van der Waals surface area contributed by atoms with Crippen LogP contribution in [0.2, 0.25) is 0 Å². The van der Waals surface area contributed by atoms with Gasteiger partial charge in [-0.2, -0.15) is 4.31 Å². The molecule has 2 aromatic rings. The highest BCUT2D eigenvalue weighted by molar-refractivity contribution is 7.91. The fourth-order valence-electron chi connectivity index (χ4n) is 3.04. The number of hydrogen-bond donors (Lipinski definition) is 3. The summed E-state index contributed by atoms with van der Waals surface area (Å²) >= 11 is 0.892. The van der Waals surface area contributed by atoms with Crippen molar-refractivity contribution in [2.24, 2.45) is 27.4 Å². The average molecular weight is 468 g/mol. The van der Waals surface area contributed by atoms with E-state index >= 15 is 0 Å². The monoisotopic (exact) mass is 467 g/mol. The van der Waals surface area contributed by atoms with Gasteiger partial charge in [-0.1, -0.05) is 13.8 Å². The molecule has 0 amide bonds. The lowest BCUT2D eigenvalue weighted by atomic mass is 10.0. The fraction of sp³-hybridized carbons (Fsp3) is 0.500. The Hall–Kier alpha value is -2.37. The summed E-state index contributed by atoms with van der Waals surface area (Å²) < 4.78 is 32.3. The van der Waals surface area contributed by atoms with Crippen molar-refractivity contribution in [3.63, 3.8) is 0 Å². The summed E-state index contributed by atoms with van der Waals surface area (Å²) in [5, 5.41) is 11.9. The predicted molar refractivity (Wildman–Crippen MR) is 123 cm³/mol. The number of rotatable bonds is 7. The van der Waals surface area contributed by atoms with Crippen molar-refractivity contribution in [1.82, 2.24) is 4.31 Å². The maximum atomic E-state index is 12.7. The first-order chi connectivity index (χ1) is 14.4. The van der Waals surface area contributed by atoms with E-state index in [9.17, 15) is 13.5 Å². The summed E-state index contributed by atoms with van der Waals surface area (Å²) in [7, 11) is -2.28. The van der Waals surface area contributed by atoms with Gasteiger partial charge in [0.25, 0.3) is 10.0 Å². The van der Waals surface area contributed by atoms with Crippen molar-refractivity contribution in [3.8, 4) is 5.75 Å². The largest absolute Gasteiger partial charge is 0.504 e. The molecule has 1 saturated carbocycles. The maximum absolute atomic E-state index is 12.7. The SMILES string of the molecule is Cc1cc([C@H](N=C(N)C(N)=Nc2csc(S(=O)(=O)N(C)C3CC3)c2O)C(C)C)oc1C. The minimum absolute atomic E-state index is 0.0180. The summed E-state index contributed by atoms with van der Waals surface area (Å²) in [6.07, 6.45) is 1.64. The van der Waals surface area contributed by atoms with E-state index in [1.165, 1.54) is 16.7 Å². The van der Waals surface area contributed by atoms with E-state index in [-0.39, 0.29) is 39.6 Å². The lowest BCUT2D eigenvalue weighted by Gasteiger charge is -2.15. The third-order valence-electron chi connectivity index (χ3n) is 5.28. The molecule has 2 aromatic heterocycles. The van der Waals surface area contributed by atoms with Crippen LogP contribution in [0.3, 0.4) is 0 Å². The molecule has 3 rings (SSSR count). The second-order valence-corrected chi connectivity index (χ2v) is 11.2. The van der Waals surface area contributed by atoms with E-state index in [0.29, 0.717) is 5.76 Å². The molecule has 0 radical (unpaired) electrons. The molecule has 1 aliphatic carbocycles. The van der Waals surface area contributed by atoms with Gasteiger partial charge < -0.3 is 21.0 Å². The summed E-state index contributed by atoms with van der Waals surface area (Å²) in [4.78, 5) is 8.61. The minimum atomic E-state index is -3.79. The van der Waals surface area contributed by atoms with Gasteiger partial charge in [0.2, 0.25) is 0 Å². The molecule has 0 aromatic carbocycles. The van der Waals surface area contributed by atoms with E-state index in [1.54, 1.807) is 0 Å². The van der Waals surface area contributed by atoms with Crippen LogP contribution in [0.25, 0.3) is 0 Å². The van der Waals surface area contributed by atoms with E-state index in [1.807, 2.05) is 33.8 Å².